The number of benzene rings is 2. The summed E-state index contributed by atoms with van der Waals surface area (Å²) in [5.74, 6) is -0.0221. The van der Waals surface area contributed by atoms with Crippen LogP contribution in [0.5, 0.6) is 0 Å². The Morgan fingerprint density at radius 2 is 1.50 bits per heavy atom. The second-order valence-corrected chi connectivity index (χ2v) is 12.5. The number of para-hydroxylation sites is 2. The fourth-order valence-electron chi connectivity index (χ4n) is 6.50. The Balaban J connectivity index is 1.54. The molecule has 1 saturated heterocycles. The molecule has 1 aliphatic rings. The van der Waals surface area contributed by atoms with Gasteiger partial charge in [0.25, 0.3) is 5.91 Å². The summed E-state index contributed by atoms with van der Waals surface area (Å²) in [4.78, 5) is 40.0. The molecule has 238 valence electrons. The topological polar surface area (TPSA) is 115 Å². The van der Waals surface area contributed by atoms with E-state index in [4.69, 9.17) is 0 Å². The van der Waals surface area contributed by atoms with E-state index in [9.17, 15) is 19.8 Å². The number of nitroso groups, excluding NO2 is 1. The fraction of sp³-hybridized carbons (Fsp3) is 0.571. The van der Waals surface area contributed by atoms with Crippen molar-refractivity contribution in [1.82, 2.24) is 4.90 Å². The summed E-state index contributed by atoms with van der Waals surface area (Å²) in [7, 11) is 0. The van der Waals surface area contributed by atoms with Crippen molar-refractivity contribution in [3.05, 3.63) is 63.6 Å². The predicted octanol–water partition coefficient (Wildman–Crippen LogP) is 6.41. The molecule has 0 saturated carbocycles. The Hall–Kier alpha value is -3.61. The smallest absolute Gasteiger partial charge is 0.279 e. The molecular formula is C35H51N6O3+. The molecule has 0 aliphatic carbocycles. The molecule has 2 aromatic rings. The van der Waals surface area contributed by atoms with Gasteiger partial charge in [-0.2, -0.15) is 10.2 Å². The van der Waals surface area contributed by atoms with Crippen LogP contribution in [0.3, 0.4) is 0 Å². The van der Waals surface area contributed by atoms with Crippen LogP contribution >= 0.6 is 0 Å². The van der Waals surface area contributed by atoms with Crippen molar-refractivity contribution in [2.24, 2.45) is 5.18 Å². The Bertz CT molecular complexity index is 1270. The maximum absolute atomic E-state index is 13.3. The molecule has 3 rings (SSSR count). The van der Waals surface area contributed by atoms with Gasteiger partial charge < -0.3 is 15.1 Å². The molecule has 2 unspecified atom stereocenters. The van der Waals surface area contributed by atoms with E-state index in [1.807, 2.05) is 64.1 Å². The highest BCUT2D eigenvalue weighted by Crippen LogP contribution is 2.24. The predicted molar refractivity (Wildman–Crippen MR) is 177 cm³/mol. The Kier molecular flexibility index (Phi) is 14.0. The largest absolute Gasteiger partial charge is 0.324 e. The van der Waals surface area contributed by atoms with Gasteiger partial charge >= 0.3 is 0 Å². The number of hydrogen-bond acceptors (Lipinski definition) is 6. The van der Waals surface area contributed by atoms with Gasteiger partial charge in [-0.3, -0.25) is 14.5 Å². The van der Waals surface area contributed by atoms with Crippen LogP contribution in [0.1, 0.15) is 73.6 Å². The standard InChI is InChI=1S/C35H50N6O3/c1-27-14-11-15-28(2)33(27)38-32(42)26-41(24-13-19-36,25-20-37-44)23-10-6-5-8-21-40-22-9-7-18-31(40)35(43)39-34-29(3)16-12-17-30(34)4/h11-12,14-17,31H,5-10,13,18,20-26H2,1-4H3,(H-,38,39,42,43)/p+1. The molecule has 1 heterocycles. The van der Waals surface area contributed by atoms with Gasteiger partial charge in [-0.1, -0.05) is 54.4 Å². The molecule has 0 bridgehead atoms. The lowest BCUT2D eigenvalue weighted by atomic mass is 10.00. The molecule has 2 aromatic carbocycles. The van der Waals surface area contributed by atoms with Crippen LogP contribution in [0.4, 0.5) is 11.4 Å². The summed E-state index contributed by atoms with van der Waals surface area (Å²) < 4.78 is 0.378. The van der Waals surface area contributed by atoms with Crippen LogP contribution in [0.15, 0.2) is 41.6 Å². The highest BCUT2D eigenvalue weighted by atomic mass is 16.3. The zero-order valence-electron chi connectivity index (χ0n) is 27.2. The van der Waals surface area contributed by atoms with E-state index in [0.29, 0.717) is 30.5 Å². The summed E-state index contributed by atoms with van der Waals surface area (Å²) >= 11 is 0. The summed E-state index contributed by atoms with van der Waals surface area (Å²) in [6.45, 7) is 11.8. The van der Waals surface area contributed by atoms with E-state index in [0.717, 1.165) is 91.7 Å². The number of likely N-dealkylation sites (tertiary alicyclic amines) is 1. The van der Waals surface area contributed by atoms with E-state index in [1.54, 1.807) is 0 Å². The van der Waals surface area contributed by atoms with Crippen molar-refractivity contribution >= 4 is 23.2 Å². The van der Waals surface area contributed by atoms with E-state index >= 15 is 0 Å². The minimum absolute atomic E-state index is 0.0876. The number of carbonyl (C=O) groups excluding carboxylic acids is 2. The van der Waals surface area contributed by atoms with Crippen LogP contribution in [0.25, 0.3) is 0 Å². The molecule has 2 atom stereocenters. The number of quaternary nitrogens is 1. The van der Waals surface area contributed by atoms with Crippen molar-refractivity contribution in [2.75, 3.05) is 56.4 Å². The second-order valence-electron chi connectivity index (χ2n) is 12.5. The number of nitrogens with zero attached hydrogens (tertiary/aromatic N) is 4. The third-order valence-electron chi connectivity index (χ3n) is 9.06. The van der Waals surface area contributed by atoms with Crippen LogP contribution in [0.2, 0.25) is 0 Å². The highest BCUT2D eigenvalue weighted by Gasteiger charge is 2.31. The number of amides is 2. The van der Waals surface area contributed by atoms with E-state index in [-0.39, 0.29) is 30.9 Å². The van der Waals surface area contributed by atoms with E-state index < -0.39 is 0 Å². The van der Waals surface area contributed by atoms with Crippen LogP contribution in [-0.4, -0.2) is 73.1 Å². The summed E-state index contributed by atoms with van der Waals surface area (Å²) in [5.41, 5.74) is 5.91. The van der Waals surface area contributed by atoms with Gasteiger partial charge in [-0.15, -0.1) is 0 Å². The first-order valence-electron chi connectivity index (χ1n) is 16.2. The molecule has 9 heteroatoms. The zero-order chi connectivity index (χ0) is 32.0. The van der Waals surface area contributed by atoms with Crippen molar-refractivity contribution in [2.45, 2.75) is 85.1 Å². The highest BCUT2D eigenvalue weighted by molar-refractivity contribution is 5.96. The maximum Gasteiger partial charge on any atom is 0.279 e. The molecule has 2 amide bonds. The number of aryl methyl sites for hydroxylation is 4. The monoisotopic (exact) mass is 603 g/mol. The molecular weight excluding hydrogens is 552 g/mol. The van der Waals surface area contributed by atoms with Crippen molar-refractivity contribution in [3.8, 4) is 6.07 Å². The first kappa shape index (κ1) is 34.9. The minimum atomic E-state index is -0.110. The number of nitrogens with one attached hydrogen (secondary N) is 2. The molecule has 0 spiro atoms. The number of carbonyl (C=O) groups is 2. The number of piperidine rings is 1. The molecule has 9 nitrogen and oxygen atoms in total. The number of hydrogen-bond donors (Lipinski definition) is 2. The van der Waals surface area contributed by atoms with E-state index in [1.165, 1.54) is 0 Å². The Morgan fingerprint density at radius 1 is 0.886 bits per heavy atom. The maximum atomic E-state index is 13.3. The second kappa shape index (κ2) is 17.6. The SMILES string of the molecule is Cc1cccc(C)c1NC(=O)C[N+](CCC#N)(CCCCCCN1CCCCC1C(=O)Nc1c(C)cccc1C)CCN=O. The van der Waals surface area contributed by atoms with Crippen molar-refractivity contribution in [3.63, 3.8) is 0 Å². The first-order chi connectivity index (χ1) is 21.2. The average molecular weight is 604 g/mol. The van der Waals surface area contributed by atoms with Crippen LogP contribution in [-0.2, 0) is 9.59 Å². The number of unbranched alkanes of at least 4 members (excludes halogenated alkanes) is 3. The molecule has 2 N–H and O–H groups in total. The molecule has 1 aliphatic heterocycles. The van der Waals surface area contributed by atoms with Gasteiger partial charge in [0.1, 0.15) is 13.1 Å². The van der Waals surface area contributed by atoms with Crippen LogP contribution in [0, 0.1) is 43.9 Å². The number of anilines is 2. The fourth-order valence-corrected chi connectivity index (χ4v) is 6.50. The van der Waals surface area contributed by atoms with Crippen molar-refractivity contribution in [1.29, 1.82) is 5.26 Å². The van der Waals surface area contributed by atoms with Gasteiger partial charge in [0.2, 0.25) is 5.91 Å². The molecule has 0 radical (unpaired) electrons. The number of nitriles is 1. The van der Waals surface area contributed by atoms with Crippen LogP contribution < -0.4 is 10.6 Å². The zero-order valence-corrected chi connectivity index (χ0v) is 27.2. The summed E-state index contributed by atoms with van der Waals surface area (Å²) in [5, 5.41) is 18.7. The molecule has 0 aromatic heterocycles. The third kappa shape index (κ3) is 10.2. The van der Waals surface area contributed by atoms with Gasteiger partial charge in [-0.25, -0.2) is 0 Å². The molecule has 1 fully saturated rings. The van der Waals surface area contributed by atoms with Gasteiger partial charge in [0.05, 0.1) is 31.6 Å². The van der Waals surface area contributed by atoms with Gasteiger partial charge in [-0.05, 0) is 95.1 Å². The summed E-state index contributed by atoms with van der Waals surface area (Å²) in [6.07, 6.45) is 7.25. The molecule has 44 heavy (non-hydrogen) atoms. The Labute approximate surface area is 263 Å². The average Bonchev–Trinajstić information content (AvgIpc) is 3.00. The lowest BCUT2D eigenvalue weighted by Crippen LogP contribution is -2.54. The van der Waals surface area contributed by atoms with Gasteiger partial charge in [0, 0.05) is 11.4 Å². The summed E-state index contributed by atoms with van der Waals surface area (Å²) in [6, 6.07) is 14.1. The third-order valence-corrected chi connectivity index (χ3v) is 9.06. The minimum Gasteiger partial charge on any atom is -0.324 e. The van der Waals surface area contributed by atoms with Gasteiger partial charge in [0.15, 0.2) is 6.54 Å². The Morgan fingerprint density at radius 3 is 2.11 bits per heavy atom. The lowest BCUT2D eigenvalue weighted by molar-refractivity contribution is -0.919. The lowest BCUT2D eigenvalue weighted by Gasteiger charge is -2.37. The normalized spacial score (nSPS) is 16.5. The van der Waals surface area contributed by atoms with E-state index in [2.05, 4.69) is 26.8 Å². The van der Waals surface area contributed by atoms with Crippen molar-refractivity contribution < 1.29 is 14.1 Å². The quantitative estimate of drug-likeness (QED) is 0.123. The first-order valence-corrected chi connectivity index (χ1v) is 16.2. The number of rotatable bonds is 17.